The van der Waals surface area contributed by atoms with Crippen molar-refractivity contribution >= 4 is 16.7 Å². The van der Waals surface area contributed by atoms with Gasteiger partial charge in [0.05, 0.1) is 22.3 Å². The van der Waals surface area contributed by atoms with Crippen molar-refractivity contribution in [2.75, 3.05) is 5.73 Å². The van der Waals surface area contributed by atoms with E-state index in [2.05, 4.69) is 29.9 Å². The van der Waals surface area contributed by atoms with Crippen molar-refractivity contribution in [2.45, 2.75) is 13.8 Å². The molecule has 0 fully saturated rings. The van der Waals surface area contributed by atoms with E-state index in [1.165, 1.54) is 17.3 Å². The average Bonchev–Trinajstić information content (AvgIpc) is 2.82. The highest BCUT2D eigenvalue weighted by Crippen LogP contribution is 2.23. The van der Waals surface area contributed by atoms with Gasteiger partial charge in [0.2, 0.25) is 0 Å². The highest BCUT2D eigenvalue weighted by Gasteiger charge is 2.10. The highest BCUT2D eigenvalue weighted by molar-refractivity contribution is 5.80. The van der Waals surface area contributed by atoms with Gasteiger partial charge in [-0.1, -0.05) is 0 Å². The Bertz CT molecular complexity index is 855. The van der Waals surface area contributed by atoms with Crippen LogP contribution in [0.15, 0.2) is 30.7 Å². The maximum Gasteiger partial charge on any atom is 0.161 e. The first-order chi connectivity index (χ1) is 9.60. The molecule has 0 unspecified atom stereocenters. The lowest BCUT2D eigenvalue weighted by molar-refractivity contribution is 1.02. The standard InChI is InChI=1S/C15H13N5/c1-9-3-13-14(4-10(9)2)20(8-19-13)15-12(17)5-11(6-16)7-18-15/h3-5,7-8H,17H2,1-2H3. The molecule has 5 nitrogen and oxygen atoms in total. The van der Waals surface area contributed by atoms with Crippen molar-refractivity contribution in [1.29, 1.82) is 5.26 Å². The van der Waals surface area contributed by atoms with Crippen LogP contribution in [0.2, 0.25) is 0 Å². The molecule has 0 aliphatic rings. The first-order valence-electron chi connectivity index (χ1n) is 6.20. The van der Waals surface area contributed by atoms with Crippen molar-refractivity contribution < 1.29 is 0 Å². The number of benzene rings is 1. The molecular weight excluding hydrogens is 250 g/mol. The van der Waals surface area contributed by atoms with Gasteiger partial charge < -0.3 is 5.73 Å². The van der Waals surface area contributed by atoms with E-state index in [1.54, 1.807) is 12.4 Å². The van der Waals surface area contributed by atoms with Crippen LogP contribution in [-0.4, -0.2) is 14.5 Å². The van der Waals surface area contributed by atoms with Crippen LogP contribution in [0.25, 0.3) is 16.9 Å². The van der Waals surface area contributed by atoms with Crippen LogP contribution in [-0.2, 0) is 0 Å². The van der Waals surface area contributed by atoms with Crippen molar-refractivity contribution in [2.24, 2.45) is 0 Å². The van der Waals surface area contributed by atoms with Crippen molar-refractivity contribution in [1.82, 2.24) is 14.5 Å². The molecule has 0 spiro atoms. The van der Waals surface area contributed by atoms with Gasteiger partial charge in [-0.05, 0) is 43.2 Å². The number of nitriles is 1. The molecule has 0 radical (unpaired) electrons. The molecule has 0 saturated carbocycles. The summed E-state index contributed by atoms with van der Waals surface area (Å²) in [5, 5.41) is 8.86. The Morgan fingerprint density at radius 1 is 1.15 bits per heavy atom. The van der Waals surface area contributed by atoms with Gasteiger partial charge in [-0.3, -0.25) is 4.57 Å². The van der Waals surface area contributed by atoms with Crippen molar-refractivity contribution in [3.05, 3.63) is 47.4 Å². The largest absolute Gasteiger partial charge is 0.396 e. The second kappa shape index (κ2) is 4.35. The fourth-order valence-electron chi connectivity index (χ4n) is 2.17. The van der Waals surface area contributed by atoms with Gasteiger partial charge in [0.25, 0.3) is 0 Å². The zero-order valence-electron chi connectivity index (χ0n) is 11.3. The number of aromatic nitrogens is 3. The first kappa shape index (κ1) is 12.2. The number of nitrogens with two attached hydrogens (primary N) is 1. The van der Waals surface area contributed by atoms with E-state index in [9.17, 15) is 0 Å². The minimum absolute atomic E-state index is 0.447. The maximum atomic E-state index is 8.86. The number of aryl methyl sites for hydroxylation is 2. The first-order valence-corrected chi connectivity index (χ1v) is 6.20. The van der Waals surface area contributed by atoms with Gasteiger partial charge in [0.15, 0.2) is 5.82 Å². The van der Waals surface area contributed by atoms with E-state index in [1.807, 2.05) is 16.7 Å². The topological polar surface area (TPSA) is 80.5 Å². The normalized spacial score (nSPS) is 10.7. The van der Waals surface area contributed by atoms with E-state index in [-0.39, 0.29) is 0 Å². The lowest BCUT2D eigenvalue weighted by Crippen LogP contribution is -2.02. The summed E-state index contributed by atoms with van der Waals surface area (Å²) in [6, 6.07) is 7.76. The molecule has 0 saturated heterocycles. The number of nitrogen functional groups attached to an aromatic ring is 1. The molecular formula is C15H13N5. The van der Waals surface area contributed by atoms with E-state index in [4.69, 9.17) is 11.0 Å². The lowest BCUT2D eigenvalue weighted by Gasteiger charge is -2.08. The van der Waals surface area contributed by atoms with Gasteiger partial charge in [0, 0.05) is 6.20 Å². The third-order valence-corrected chi connectivity index (χ3v) is 3.42. The molecule has 0 aliphatic heterocycles. The number of imidazole rings is 1. The second-order valence-electron chi connectivity index (χ2n) is 4.79. The summed E-state index contributed by atoms with van der Waals surface area (Å²) >= 11 is 0. The summed E-state index contributed by atoms with van der Waals surface area (Å²) in [7, 11) is 0. The molecule has 0 aliphatic carbocycles. The lowest BCUT2D eigenvalue weighted by atomic mass is 10.1. The average molecular weight is 263 g/mol. The number of pyridine rings is 1. The SMILES string of the molecule is Cc1cc2ncn(-c3ncc(C#N)cc3N)c2cc1C. The Morgan fingerprint density at radius 3 is 2.60 bits per heavy atom. The summed E-state index contributed by atoms with van der Waals surface area (Å²) in [5.74, 6) is 0.592. The molecule has 98 valence electrons. The summed E-state index contributed by atoms with van der Waals surface area (Å²) in [6.07, 6.45) is 3.22. The van der Waals surface area contributed by atoms with Crippen molar-refractivity contribution in [3.63, 3.8) is 0 Å². The van der Waals surface area contributed by atoms with Crippen LogP contribution in [0.3, 0.4) is 0 Å². The predicted octanol–water partition coefficient (Wildman–Crippen LogP) is 2.49. The molecule has 5 heteroatoms. The van der Waals surface area contributed by atoms with Crippen LogP contribution in [0.5, 0.6) is 0 Å². The fourth-order valence-corrected chi connectivity index (χ4v) is 2.17. The van der Waals surface area contributed by atoms with Crippen LogP contribution < -0.4 is 5.73 Å². The molecule has 2 aromatic heterocycles. The fraction of sp³-hybridized carbons (Fsp3) is 0.133. The van der Waals surface area contributed by atoms with Gasteiger partial charge >= 0.3 is 0 Å². The summed E-state index contributed by atoms with van der Waals surface area (Å²) in [5.41, 5.74) is 11.1. The molecule has 20 heavy (non-hydrogen) atoms. The van der Waals surface area contributed by atoms with Gasteiger partial charge in [-0.25, -0.2) is 9.97 Å². The van der Waals surface area contributed by atoms with Crippen LogP contribution in [0.4, 0.5) is 5.69 Å². The maximum absolute atomic E-state index is 8.86. The summed E-state index contributed by atoms with van der Waals surface area (Å²) < 4.78 is 1.85. The molecule has 0 bridgehead atoms. The van der Waals surface area contributed by atoms with Crippen LogP contribution >= 0.6 is 0 Å². The van der Waals surface area contributed by atoms with E-state index >= 15 is 0 Å². The number of hydrogen-bond donors (Lipinski definition) is 1. The minimum atomic E-state index is 0.447. The molecule has 2 heterocycles. The zero-order valence-corrected chi connectivity index (χ0v) is 11.3. The third kappa shape index (κ3) is 1.79. The highest BCUT2D eigenvalue weighted by atomic mass is 15.1. The van der Waals surface area contributed by atoms with Gasteiger partial charge in [-0.2, -0.15) is 5.26 Å². The zero-order chi connectivity index (χ0) is 14.3. The molecule has 2 N–H and O–H groups in total. The predicted molar refractivity (Wildman–Crippen MR) is 77.5 cm³/mol. The molecule has 1 aromatic carbocycles. The summed E-state index contributed by atoms with van der Waals surface area (Å²) in [4.78, 5) is 8.65. The Hall–Kier alpha value is -2.87. The number of hydrogen-bond acceptors (Lipinski definition) is 4. The third-order valence-electron chi connectivity index (χ3n) is 3.42. The van der Waals surface area contributed by atoms with Crippen LogP contribution in [0.1, 0.15) is 16.7 Å². The number of fused-ring (bicyclic) bond motifs is 1. The van der Waals surface area contributed by atoms with Gasteiger partial charge in [0.1, 0.15) is 12.4 Å². The monoisotopic (exact) mass is 263 g/mol. The molecule has 0 amide bonds. The summed E-state index contributed by atoms with van der Waals surface area (Å²) in [6.45, 7) is 4.11. The Balaban J connectivity index is 2.25. The quantitative estimate of drug-likeness (QED) is 0.731. The van der Waals surface area contributed by atoms with E-state index < -0.39 is 0 Å². The van der Waals surface area contributed by atoms with Crippen molar-refractivity contribution in [3.8, 4) is 11.9 Å². The van der Waals surface area contributed by atoms with E-state index in [0.29, 0.717) is 17.1 Å². The number of nitrogens with zero attached hydrogens (tertiary/aromatic N) is 4. The number of anilines is 1. The molecule has 0 atom stereocenters. The Kier molecular flexibility index (Phi) is 2.65. The van der Waals surface area contributed by atoms with E-state index in [0.717, 1.165) is 11.0 Å². The van der Waals surface area contributed by atoms with Gasteiger partial charge in [-0.15, -0.1) is 0 Å². The second-order valence-corrected chi connectivity index (χ2v) is 4.79. The minimum Gasteiger partial charge on any atom is -0.396 e. The molecule has 3 aromatic rings. The smallest absolute Gasteiger partial charge is 0.161 e. The Labute approximate surface area is 116 Å². The Morgan fingerprint density at radius 2 is 1.90 bits per heavy atom. The molecule has 3 rings (SSSR count). The number of rotatable bonds is 1. The van der Waals surface area contributed by atoms with Crippen LogP contribution in [0, 0.1) is 25.2 Å².